The third-order valence-electron chi connectivity index (χ3n) is 5.05. The minimum absolute atomic E-state index is 0.558. The van der Waals surface area contributed by atoms with Crippen molar-refractivity contribution in [3.63, 3.8) is 0 Å². The molecule has 0 saturated heterocycles. The molecule has 2 atom stereocenters. The standard InChI is InChI=1S/C15H26N2S2/c1-18-13-7-5-6-12(13)17-14-16-10-15(11-19-14)8-3-2-4-9-15/h12-13H,2-11H2,1H3,(H,16,17). The Labute approximate surface area is 126 Å². The van der Waals surface area contributed by atoms with E-state index < -0.39 is 0 Å². The predicted octanol–water partition coefficient (Wildman–Crippen LogP) is 3.91. The van der Waals surface area contributed by atoms with E-state index >= 15 is 0 Å². The minimum Gasteiger partial charge on any atom is -0.361 e. The first kappa shape index (κ1) is 14.1. The lowest BCUT2D eigenvalue weighted by molar-refractivity contribution is 0.232. The maximum absolute atomic E-state index is 4.90. The fraction of sp³-hybridized carbons (Fsp3) is 0.933. The Bertz CT molecular complexity index is 337. The molecule has 1 spiro atoms. The molecule has 2 unspecified atom stereocenters. The van der Waals surface area contributed by atoms with Gasteiger partial charge in [-0.15, -0.1) is 0 Å². The second-order valence-corrected chi connectivity index (χ2v) is 8.47. The molecule has 2 nitrogen and oxygen atoms in total. The minimum atomic E-state index is 0.558. The largest absolute Gasteiger partial charge is 0.361 e. The smallest absolute Gasteiger partial charge is 0.156 e. The third-order valence-corrected chi connectivity index (χ3v) is 7.50. The molecule has 1 N–H and O–H groups in total. The lowest BCUT2D eigenvalue weighted by Crippen LogP contribution is -2.42. The first-order chi connectivity index (χ1) is 9.31. The van der Waals surface area contributed by atoms with Gasteiger partial charge in [-0.25, -0.2) is 0 Å². The summed E-state index contributed by atoms with van der Waals surface area (Å²) in [5.74, 6) is 1.30. The molecule has 2 fully saturated rings. The van der Waals surface area contributed by atoms with Crippen LogP contribution >= 0.6 is 23.5 Å². The van der Waals surface area contributed by atoms with Gasteiger partial charge in [0.25, 0.3) is 0 Å². The normalized spacial score (nSPS) is 34.3. The van der Waals surface area contributed by atoms with Crippen molar-refractivity contribution in [1.82, 2.24) is 5.32 Å². The van der Waals surface area contributed by atoms with E-state index in [-0.39, 0.29) is 0 Å². The summed E-state index contributed by atoms with van der Waals surface area (Å²) in [5.41, 5.74) is 0.558. The number of rotatable bonds is 2. The molecule has 0 radical (unpaired) electrons. The van der Waals surface area contributed by atoms with Gasteiger partial charge in [0.1, 0.15) is 0 Å². The van der Waals surface area contributed by atoms with E-state index in [1.807, 2.05) is 23.5 Å². The Morgan fingerprint density at radius 3 is 2.74 bits per heavy atom. The van der Waals surface area contributed by atoms with E-state index in [0.717, 1.165) is 11.8 Å². The van der Waals surface area contributed by atoms with E-state index in [4.69, 9.17) is 4.99 Å². The SMILES string of the molecule is CSC1CCCC1NC1=NCC2(CCCCC2)CS1. The van der Waals surface area contributed by atoms with Crippen LogP contribution in [-0.4, -0.2) is 35.0 Å². The number of amidine groups is 1. The van der Waals surface area contributed by atoms with Gasteiger partial charge in [-0.2, -0.15) is 11.8 Å². The van der Waals surface area contributed by atoms with Crippen LogP contribution in [0.2, 0.25) is 0 Å². The number of hydrogen-bond donors (Lipinski definition) is 1. The third kappa shape index (κ3) is 3.26. The van der Waals surface area contributed by atoms with Gasteiger partial charge < -0.3 is 5.32 Å². The van der Waals surface area contributed by atoms with Crippen LogP contribution in [0.3, 0.4) is 0 Å². The van der Waals surface area contributed by atoms with E-state index in [0.29, 0.717) is 11.5 Å². The van der Waals surface area contributed by atoms with E-state index in [1.54, 1.807) is 0 Å². The highest BCUT2D eigenvalue weighted by molar-refractivity contribution is 8.13. The summed E-state index contributed by atoms with van der Waals surface area (Å²) in [4.78, 5) is 4.90. The second-order valence-electron chi connectivity index (χ2n) is 6.43. The lowest BCUT2D eigenvalue weighted by atomic mass is 9.75. The van der Waals surface area contributed by atoms with Crippen molar-refractivity contribution in [2.45, 2.75) is 62.7 Å². The molecule has 19 heavy (non-hydrogen) atoms. The number of aliphatic imine (C=N–C) groups is 1. The number of thioether (sulfide) groups is 2. The molecule has 2 saturated carbocycles. The number of nitrogens with one attached hydrogen (secondary N) is 1. The van der Waals surface area contributed by atoms with Crippen molar-refractivity contribution in [3.05, 3.63) is 0 Å². The van der Waals surface area contributed by atoms with Crippen molar-refractivity contribution < 1.29 is 0 Å². The van der Waals surface area contributed by atoms with Gasteiger partial charge >= 0.3 is 0 Å². The van der Waals surface area contributed by atoms with E-state index in [9.17, 15) is 0 Å². The molecule has 1 aliphatic heterocycles. The molecule has 3 rings (SSSR count). The summed E-state index contributed by atoms with van der Waals surface area (Å²) >= 11 is 4.02. The van der Waals surface area contributed by atoms with E-state index in [1.165, 1.54) is 62.3 Å². The molecule has 4 heteroatoms. The van der Waals surface area contributed by atoms with Gasteiger partial charge in [0.2, 0.25) is 0 Å². The monoisotopic (exact) mass is 298 g/mol. The van der Waals surface area contributed by atoms with Crippen molar-refractivity contribution >= 4 is 28.7 Å². The summed E-state index contributed by atoms with van der Waals surface area (Å²) in [6, 6.07) is 0.668. The van der Waals surface area contributed by atoms with Crippen LogP contribution < -0.4 is 5.32 Å². The van der Waals surface area contributed by atoms with Crippen molar-refractivity contribution in [2.75, 3.05) is 18.6 Å². The van der Waals surface area contributed by atoms with Crippen LogP contribution in [0.15, 0.2) is 4.99 Å². The van der Waals surface area contributed by atoms with Crippen LogP contribution in [-0.2, 0) is 0 Å². The summed E-state index contributed by atoms with van der Waals surface area (Å²) in [6.07, 6.45) is 13.4. The Balaban J connectivity index is 1.55. The van der Waals surface area contributed by atoms with Gasteiger partial charge in [0.05, 0.1) is 0 Å². The highest BCUT2D eigenvalue weighted by Gasteiger charge is 2.36. The maximum atomic E-state index is 4.90. The van der Waals surface area contributed by atoms with Crippen LogP contribution in [0.5, 0.6) is 0 Å². The Morgan fingerprint density at radius 1 is 1.21 bits per heavy atom. The molecule has 108 valence electrons. The highest BCUT2D eigenvalue weighted by atomic mass is 32.2. The van der Waals surface area contributed by atoms with Gasteiger partial charge in [0.15, 0.2) is 5.17 Å². The zero-order valence-electron chi connectivity index (χ0n) is 12.0. The number of hydrogen-bond acceptors (Lipinski definition) is 4. The van der Waals surface area contributed by atoms with Crippen molar-refractivity contribution in [1.29, 1.82) is 0 Å². The summed E-state index contributed by atoms with van der Waals surface area (Å²) < 4.78 is 0. The van der Waals surface area contributed by atoms with Crippen LogP contribution in [0.25, 0.3) is 0 Å². The summed E-state index contributed by atoms with van der Waals surface area (Å²) in [5, 5.41) is 5.77. The molecular weight excluding hydrogens is 272 g/mol. The molecule has 0 aromatic rings. The molecular formula is C15H26N2S2. The van der Waals surface area contributed by atoms with Crippen molar-refractivity contribution in [3.8, 4) is 0 Å². The molecule has 1 heterocycles. The van der Waals surface area contributed by atoms with Gasteiger partial charge in [-0.1, -0.05) is 37.4 Å². The van der Waals surface area contributed by atoms with Gasteiger partial charge in [-0.05, 0) is 37.4 Å². The molecule has 0 aromatic heterocycles. The van der Waals surface area contributed by atoms with Gasteiger partial charge in [-0.3, -0.25) is 4.99 Å². The molecule has 0 aromatic carbocycles. The molecule has 2 aliphatic carbocycles. The molecule has 0 amide bonds. The summed E-state index contributed by atoms with van der Waals surface area (Å²) in [7, 11) is 0. The fourth-order valence-electron chi connectivity index (χ4n) is 3.78. The number of nitrogens with zero attached hydrogens (tertiary/aromatic N) is 1. The van der Waals surface area contributed by atoms with Crippen molar-refractivity contribution in [2.24, 2.45) is 10.4 Å². The quantitative estimate of drug-likeness (QED) is 0.836. The van der Waals surface area contributed by atoms with Gasteiger partial charge in [0, 0.05) is 23.6 Å². The van der Waals surface area contributed by atoms with Crippen LogP contribution in [0.1, 0.15) is 51.4 Å². The predicted molar refractivity (Wildman–Crippen MR) is 88.4 cm³/mol. The molecule has 0 bridgehead atoms. The second kappa shape index (κ2) is 6.30. The Morgan fingerprint density at radius 2 is 2.05 bits per heavy atom. The lowest BCUT2D eigenvalue weighted by Gasteiger charge is -2.39. The zero-order valence-corrected chi connectivity index (χ0v) is 13.6. The average Bonchev–Trinajstić information content (AvgIpc) is 2.90. The van der Waals surface area contributed by atoms with E-state index in [2.05, 4.69) is 11.6 Å². The Kier molecular flexibility index (Phi) is 4.68. The average molecular weight is 299 g/mol. The zero-order chi connectivity index (χ0) is 13.1. The first-order valence-corrected chi connectivity index (χ1v) is 10.1. The molecule has 3 aliphatic rings. The first-order valence-electron chi connectivity index (χ1n) is 7.78. The maximum Gasteiger partial charge on any atom is 0.156 e. The summed E-state index contributed by atoms with van der Waals surface area (Å²) in [6.45, 7) is 1.08. The van der Waals surface area contributed by atoms with Crippen LogP contribution in [0, 0.1) is 5.41 Å². The Hall–Kier alpha value is 0.170. The highest BCUT2D eigenvalue weighted by Crippen LogP contribution is 2.42. The van der Waals surface area contributed by atoms with Crippen LogP contribution in [0.4, 0.5) is 0 Å². The fourth-order valence-corrected chi connectivity index (χ4v) is 5.92. The topological polar surface area (TPSA) is 24.4 Å².